The van der Waals surface area contributed by atoms with E-state index in [1.807, 2.05) is 6.92 Å². The van der Waals surface area contributed by atoms with E-state index in [1.54, 1.807) is 250 Å². The highest BCUT2D eigenvalue weighted by molar-refractivity contribution is 5.93. The molecular formula is C74H70O16. The van der Waals surface area contributed by atoms with Crippen LogP contribution in [0.5, 0.6) is 0 Å². The van der Waals surface area contributed by atoms with Crippen LogP contribution >= 0.6 is 0 Å². The Hall–Kier alpha value is -10.5. The van der Waals surface area contributed by atoms with E-state index in [0.29, 0.717) is 5.56 Å². The summed E-state index contributed by atoms with van der Waals surface area (Å²) in [5.41, 5.74) is 1.66. The van der Waals surface area contributed by atoms with Crippen molar-refractivity contribution in [2.24, 2.45) is 0 Å². The van der Waals surface area contributed by atoms with Crippen molar-refractivity contribution < 1.29 is 76.3 Å². The maximum Gasteiger partial charge on any atom is 0.338 e. The van der Waals surface area contributed by atoms with Gasteiger partial charge >= 0.3 is 47.8 Å². The molecule has 0 aliphatic rings. The molecule has 8 unspecified atom stereocenters. The smallest absolute Gasteiger partial charge is 0.338 e. The molecule has 0 fully saturated rings. The third-order valence-electron chi connectivity index (χ3n) is 14.5. The molecule has 0 saturated carbocycles. The highest BCUT2D eigenvalue weighted by Gasteiger charge is 2.36. The van der Waals surface area contributed by atoms with Crippen LogP contribution in [-0.4, -0.2) is 96.6 Å². The fourth-order valence-corrected chi connectivity index (χ4v) is 10.0. The first-order chi connectivity index (χ1) is 43.8. The quantitative estimate of drug-likeness (QED) is 0.0292. The van der Waals surface area contributed by atoms with Gasteiger partial charge in [-0.25, -0.2) is 38.4 Å². The van der Waals surface area contributed by atoms with E-state index in [0.717, 1.165) is 0 Å². The lowest BCUT2D eigenvalue weighted by atomic mass is 9.94. The SMILES string of the molecule is CCC(CC(CC(CC(CC(CC(CC(CC(C)OC(=O)c1ccccc1)OC(=O)c1ccccc1)OC(=O)c1ccccc1)OC(=O)c1ccccc1)OC(=O)c1ccccc1)OC(=O)c1ccccc1)OC(=O)c1ccccc1)OC(=O)c1ccccc1. The Balaban J connectivity index is 1.18. The number of hydrogen-bond acceptors (Lipinski definition) is 16. The molecule has 8 aromatic rings. The van der Waals surface area contributed by atoms with Crippen LogP contribution in [0.25, 0.3) is 0 Å². The molecule has 0 bridgehead atoms. The van der Waals surface area contributed by atoms with E-state index < -0.39 is 96.6 Å². The predicted octanol–water partition coefficient (Wildman–Crippen LogP) is 14.0. The minimum absolute atomic E-state index is 0.0621. The molecule has 16 heteroatoms. The highest BCUT2D eigenvalue weighted by Crippen LogP contribution is 2.29. The largest absolute Gasteiger partial charge is 0.459 e. The molecule has 0 spiro atoms. The Morgan fingerprint density at radius 3 is 0.544 bits per heavy atom. The molecule has 0 aromatic heterocycles. The number of hydrogen-bond donors (Lipinski definition) is 0. The zero-order valence-corrected chi connectivity index (χ0v) is 49.9. The average Bonchev–Trinajstić information content (AvgIpc) is 2.53. The van der Waals surface area contributed by atoms with E-state index in [1.165, 1.54) is 0 Å². The van der Waals surface area contributed by atoms with Crippen molar-refractivity contribution in [3.05, 3.63) is 287 Å². The molecular weight excluding hydrogens is 1140 g/mol. The minimum Gasteiger partial charge on any atom is -0.459 e. The monoisotopic (exact) mass is 1210 g/mol. The summed E-state index contributed by atoms with van der Waals surface area (Å²) < 4.78 is 50.0. The Kier molecular flexibility index (Phi) is 24.9. The van der Waals surface area contributed by atoms with Crippen LogP contribution in [0.3, 0.4) is 0 Å². The minimum atomic E-state index is -1.32. The van der Waals surface area contributed by atoms with Gasteiger partial charge in [0.25, 0.3) is 0 Å². The van der Waals surface area contributed by atoms with Crippen LogP contribution in [0.2, 0.25) is 0 Å². The van der Waals surface area contributed by atoms with Crippen molar-refractivity contribution in [1.29, 1.82) is 0 Å². The third-order valence-corrected chi connectivity index (χ3v) is 14.5. The van der Waals surface area contributed by atoms with Gasteiger partial charge < -0.3 is 37.9 Å². The van der Waals surface area contributed by atoms with Gasteiger partial charge in [-0.15, -0.1) is 0 Å². The normalized spacial score (nSPS) is 13.6. The molecule has 0 heterocycles. The molecule has 8 atom stereocenters. The van der Waals surface area contributed by atoms with Crippen molar-refractivity contribution in [3.8, 4) is 0 Å². The fourth-order valence-electron chi connectivity index (χ4n) is 10.0. The van der Waals surface area contributed by atoms with Gasteiger partial charge in [-0.3, -0.25) is 0 Å². The molecule has 0 saturated heterocycles. The molecule has 8 rings (SSSR count). The lowest BCUT2D eigenvalue weighted by molar-refractivity contribution is -0.0459. The van der Waals surface area contributed by atoms with Gasteiger partial charge in [0.05, 0.1) is 44.5 Å². The molecule has 462 valence electrons. The summed E-state index contributed by atoms with van der Waals surface area (Å²) in [4.78, 5) is 113. The summed E-state index contributed by atoms with van der Waals surface area (Å²) in [5, 5.41) is 0. The number of carbonyl (C=O) groups excluding carboxylic acids is 8. The second-order valence-corrected chi connectivity index (χ2v) is 21.4. The van der Waals surface area contributed by atoms with E-state index in [9.17, 15) is 38.4 Å². The average molecular weight is 1220 g/mol. The van der Waals surface area contributed by atoms with E-state index in [2.05, 4.69) is 0 Å². The standard InChI is InChI=1S/C74H70O16/c1-3-60(84-68(76)53-30-14-5-15-31-53)45-62(86-70(78)55-34-18-7-19-35-55)47-64(88-72(80)57-38-22-9-23-39-57)49-66(90-74(82)59-42-26-11-27-43-59)50-65(89-73(81)58-40-24-10-25-41-58)48-63(87-71(79)56-36-20-8-21-37-56)46-61(85-69(77)54-32-16-6-17-33-54)44-51(2)83-67(75)52-28-12-4-13-29-52/h4-43,51,60-66H,3,44-50H2,1-2H3. The Bertz CT molecular complexity index is 3560. The van der Waals surface area contributed by atoms with E-state index >= 15 is 0 Å². The lowest BCUT2D eigenvalue weighted by Crippen LogP contribution is -2.38. The van der Waals surface area contributed by atoms with Gasteiger partial charge in [0.15, 0.2) is 0 Å². The zero-order chi connectivity index (χ0) is 63.5. The summed E-state index contributed by atoms with van der Waals surface area (Å²) in [6.07, 6.45) is -10.4. The maximum atomic E-state index is 14.5. The van der Waals surface area contributed by atoms with Crippen molar-refractivity contribution >= 4 is 47.8 Å². The zero-order valence-electron chi connectivity index (χ0n) is 49.9. The first-order valence-corrected chi connectivity index (χ1v) is 29.8. The first-order valence-electron chi connectivity index (χ1n) is 29.8. The second-order valence-electron chi connectivity index (χ2n) is 21.4. The van der Waals surface area contributed by atoms with Gasteiger partial charge in [-0.05, 0) is 110 Å². The fraction of sp³-hybridized carbons (Fsp3) is 0.243. The van der Waals surface area contributed by atoms with Crippen LogP contribution in [0.1, 0.15) is 148 Å². The molecule has 0 aliphatic heterocycles. The molecule has 0 N–H and O–H groups in total. The van der Waals surface area contributed by atoms with Gasteiger partial charge in [0.1, 0.15) is 48.8 Å². The molecule has 90 heavy (non-hydrogen) atoms. The van der Waals surface area contributed by atoms with Crippen molar-refractivity contribution in [2.75, 3.05) is 0 Å². The number of carbonyl (C=O) groups is 8. The van der Waals surface area contributed by atoms with Crippen LogP contribution in [0, 0.1) is 0 Å². The Morgan fingerprint density at radius 2 is 0.367 bits per heavy atom. The van der Waals surface area contributed by atoms with E-state index in [4.69, 9.17) is 37.9 Å². The van der Waals surface area contributed by atoms with Crippen LogP contribution in [0.4, 0.5) is 0 Å². The van der Waals surface area contributed by atoms with Crippen molar-refractivity contribution in [2.45, 2.75) is 114 Å². The predicted molar refractivity (Wildman–Crippen MR) is 333 cm³/mol. The number of ether oxygens (including phenoxy) is 8. The summed E-state index contributed by atoms with van der Waals surface area (Å²) in [7, 11) is 0. The van der Waals surface area contributed by atoms with Crippen LogP contribution in [-0.2, 0) is 37.9 Å². The van der Waals surface area contributed by atoms with E-state index in [-0.39, 0.29) is 90.3 Å². The van der Waals surface area contributed by atoms with Crippen LogP contribution < -0.4 is 0 Å². The van der Waals surface area contributed by atoms with Crippen molar-refractivity contribution in [3.63, 3.8) is 0 Å². The number of esters is 8. The third kappa shape index (κ3) is 20.9. The Morgan fingerprint density at radius 1 is 0.222 bits per heavy atom. The molecule has 0 aliphatic carbocycles. The van der Waals surface area contributed by atoms with Gasteiger partial charge in [-0.2, -0.15) is 0 Å². The maximum absolute atomic E-state index is 14.5. The number of rotatable bonds is 31. The van der Waals surface area contributed by atoms with Crippen molar-refractivity contribution in [1.82, 2.24) is 0 Å². The van der Waals surface area contributed by atoms with Crippen LogP contribution in [0.15, 0.2) is 243 Å². The molecule has 0 radical (unpaired) electrons. The summed E-state index contributed by atoms with van der Waals surface area (Å²) in [5.74, 6) is -5.83. The summed E-state index contributed by atoms with van der Waals surface area (Å²) in [6, 6.07) is 65.8. The topological polar surface area (TPSA) is 210 Å². The van der Waals surface area contributed by atoms with Gasteiger partial charge in [-0.1, -0.05) is 153 Å². The number of benzene rings is 8. The summed E-state index contributed by atoms with van der Waals surface area (Å²) >= 11 is 0. The highest BCUT2D eigenvalue weighted by atomic mass is 16.6. The molecule has 0 amide bonds. The summed E-state index contributed by atoms with van der Waals surface area (Å²) in [6.45, 7) is 3.45. The van der Waals surface area contributed by atoms with Gasteiger partial charge in [0, 0.05) is 44.9 Å². The Labute approximate surface area is 523 Å². The first kappa shape index (κ1) is 65.5. The lowest BCUT2D eigenvalue weighted by Gasteiger charge is -2.32. The molecule has 8 aromatic carbocycles. The van der Waals surface area contributed by atoms with Gasteiger partial charge in [0.2, 0.25) is 0 Å². The second kappa shape index (κ2) is 34.2. The molecule has 16 nitrogen and oxygen atoms in total.